The van der Waals surface area contributed by atoms with Crippen LogP contribution in [0.2, 0.25) is 0 Å². The lowest BCUT2D eigenvalue weighted by Crippen LogP contribution is -2.28. The average molecular weight is 367 g/mol. The first-order valence-electron chi connectivity index (χ1n) is 8.89. The van der Waals surface area contributed by atoms with Crippen LogP contribution < -0.4 is 10.1 Å². The first-order valence-corrected chi connectivity index (χ1v) is 9.71. The monoisotopic (exact) mass is 367 g/mol. The highest BCUT2D eigenvalue weighted by atomic mass is 32.1. The van der Waals surface area contributed by atoms with Crippen LogP contribution in [0, 0.1) is 5.92 Å². The van der Waals surface area contributed by atoms with Crippen LogP contribution in [0.15, 0.2) is 36.7 Å². The van der Waals surface area contributed by atoms with Gasteiger partial charge < -0.3 is 10.1 Å². The molecule has 0 spiro atoms. The van der Waals surface area contributed by atoms with Gasteiger partial charge in [-0.25, -0.2) is 9.97 Å². The van der Waals surface area contributed by atoms with Crippen LogP contribution in [0.25, 0.3) is 10.2 Å². The molecule has 1 aliphatic rings. The third-order valence-electron chi connectivity index (χ3n) is 4.73. The van der Waals surface area contributed by atoms with Gasteiger partial charge >= 0.3 is 0 Å². The molecular formula is C20H21N3O2S. The van der Waals surface area contributed by atoms with E-state index in [2.05, 4.69) is 22.2 Å². The molecule has 0 saturated carbocycles. The maximum atomic E-state index is 12.1. The molecule has 1 atom stereocenters. The number of carbonyl (C=O) groups is 1. The number of hydrogen-bond donors (Lipinski definition) is 1. The number of ether oxygens (including phenoxy) is 1. The molecule has 0 radical (unpaired) electrons. The van der Waals surface area contributed by atoms with Crippen molar-refractivity contribution in [3.63, 3.8) is 0 Å². The van der Waals surface area contributed by atoms with Crippen molar-refractivity contribution in [2.24, 2.45) is 5.92 Å². The standard InChI is InChI=1S/C20H21N3O2S/c1-13-7-8-15-16(9-13)26-20-18(15)19(22-12-23-20)25-11-17(24)21-10-14-5-3-2-4-6-14/h2-6,12-13H,7-11H2,1H3,(H,21,24). The molecule has 3 aromatic rings. The zero-order chi connectivity index (χ0) is 17.9. The highest BCUT2D eigenvalue weighted by Gasteiger charge is 2.23. The molecule has 0 aliphatic heterocycles. The van der Waals surface area contributed by atoms with E-state index in [0.717, 1.165) is 28.6 Å². The molecule has 0 fully saturated rings. The topological polar surface area (TPSA) is 64.1 Å². The maximum Gasteiger partial charge on any atom is 0.258 e. The van der Waals surface area contributed by atoms with Crippen LogP contribution in [0.3, 0.4) is 0 Å². The van der Waals surface area contributed by atoms with Crippen molar-refractivity contribution in [1.29, 1.82) is 0 Å². The number of thiophene rings is 1. The molecule has 1 aromatic carbocycles. The fourth-order valence-electron chi connectivity index (χ4n) is 3.34. The second-order valence-corrected chi connectivity index (χ2v) is 7.85. The summed E-state index contributed by atoms with van der Waals surface area (Å²) in [6, 6.07) is 9.82. The second-order valence-electron chi connectivity index (χ2n) is 6.76. The smallest absolute Gasteiger partial charge is 0.258 e. The number of amides is 1. The van der Waals surface area contributed by atoms with Gasteiger partial charge in [0.1, 0.15) is 11.2 Å². The van der Waals surface area contributed by atoms with E-state index in [-0.39, 0.29) is 12.5 Å². The van der Waals surface area contributed by atoms with E-state index in [9.17, 15) is 4.79 Å². The molecule has 1 amide bonds. The Kier molecular flexibility index (Phi) is 4.84. The van der Waals surface area contributed by atoms with Crippen LogP contribution in [-0.2, 0) is 24.2 Å². The molecule has 1 aliphatic carbocycles. The summed E-state index contributed by atoms with van der Waals surface area (Å²) in [6.07, 6.45) is 4.81. The van der Waals surface area contributed by atoms with Gasteiger partial charge in [0.25, 0.3) is 5.91 Å². The van der Waals surface area contributed by atoms with E-state index in [1.165, 1.54) is 23.2 Å². The predicted octanol–water partition coefficient (Wildman–Crippen LogP) is 3.51. The number of fused-ring (bicyclic) bond motifs is 3. The van der Waals surface area contributed by atoms with Crippen molar-refractivity contribution >= 4 is 27.5 Å². The van der Waals surface area contributed by atoms with Crippen LogP contribution in [0.1, 0.15) is 29.3 Å². The first kappa shape index (κ1) is 17.0. The van der Waals surface area contributed by atoms with Crippen LogP contribution in [0.5, 0.6) is 5.88 Å². The van der Waals surface area contributed by atoms with Gasteiger partial charge in [0, 0.05) is 11.4 Å². The molecule has 2 aromatic heterocycles. The van der Waals surface area contributed by atoms with E-state index in [4.69, 9.17) is 4.74 Å². The number of nitrogens with one attached hydrogen (secondary N) is 1. The van der Waals surface area contributed by atoms with Crippen molar-refractivity contribution in [2.45, 2.75) is 32.7 Å². The van der Waals surface area contributed by atoms with Gasteiger partial charge in [-0.3, -0.25) is 4.79 Å². The number of aromatic nitrogens is 2. The van der Waals surface area contributed by atoms with Crippen LogP contribution in [-0.4, -0.2) is 22.5 Å². The third-order valence-corrected chi connectivity index (χ3v) is 5.89. The fourth-order valence-corrected chi connectivity index (χ4v) is 4.68. The summed E-state index contributed by atoms with van der Waals surface area (Å²) in [4.78, 5) is 23.2. The Balaban J connectivity index is 1.45. The van der Waals surface area contributed by atoms with E-state index >= 15 is 0 Å². The van der Waals surface area contributed by atoms with E-state index in [1.54, 1.807) is 11.3 Å². The minimum absolute atomic E-state index is 0.0417. The van der Waals surface area contributed by atoms with Gasteiger partial charge in [0.2, 0.25) is 5.88 Å². The summed E-state index contributed by atoms with van der Waals surface area (Å²) in [5.41, 5.74) is 2.37. The fraction of sp³-hybridized carbons (Fsp3) is 0.350. The van der Waals surface area contributed by atoms with Crippen molar-refractivity contribution in [1.82, 2.24) is 15.3 Å². The van der Waals surface area contributed by atoms with Crippen LogP contribution in [0.4, 0.5) is 0 Å². The number of aryl methyl sites for hydroxylation is 1. The lowest BCUT2D eigenvalue weighted by atomic mass is 9.89. The average Bonchev–Trinajstić information content (AvgIpc) is 3.03. The summed E-state index contributed by atoms with van der Waals surface area (Å²) in [7, 11) is 0. The molecule has 2 heterocycles. The molecular weight excluding hydrogens is 346 g/mol. The Labute approximate surface area is 156 Å². The summed E-state index contributed by atoms with van der Waals surface area (Å²) in [5.74, 6) is 1.08. The van der Waals surface area contributed by atoms with E-state index in [0.29, 0.717) is 18.3 Å². The highest BCUT2D eigenvalue weighted by molar-refractivity contribution is 7.18. The normalized spacial score (nSPS) is 16.3. The van der Waals surface area contributed by atoms with Crippen molar-refractivity contribution < 1.29 is 9.53 Å². The maximum absolute atomic E-state index is 12.1. The number of nitrogens with zero attached hydrogens (tertiary/aromatic N) is 2. The van der Waals surface area contributed by atoms with Gasteiger partial charge in [0.15, 0.2) is 6.61 Å². The van der Waals surface area contributed by atoms with Gasteiger partial charge in [-0.05, 0) is 36.3 Å². The number of rotatable bonds is 5. The Bertz CT molecular complexity index is 923. The lowest BCUT2D eigenvalue weighted by molar-refractivity contribution is -0.123. The molecule has 4 rings (SSSR count). The molecule has 0 saturated heterocycles. The molecule has 26 heavy (non-hydrogen) atoms. The molecule has 1 unspecified atom stereocenters. The largest absolute Gasteiger partial charge is 0.467 e. The molecule has 0 bridgehead atoms. The molecule has 134 valence electrons. The summed E-state index contributed by atoms with van der Waals surface area (Å²) < 4.78 is 5.76. The Morgan fingerprint density at radius 2 is 2.15 bits per heavy atom. The third kappa shape index (κ3) is 3.55. The number of benzene rings is 1. The van der Waals surface area contributed by atoms with Gasteiger partial charge in [0.05, 0.1) is 5.39 Å². The number of carbonyl (C=O) groups excluding carboxylic acids is 1. The lowest BCUT2D eigenvalue weighted by Gasteiger charge is -2.18. The summed E-state index contributed by atoms with van der Waals surface area (Å²) in [6.45, 7) is 2.74. The zero-order valence-corrected chi connectivity index (χ0v) is 15.5. The van der Waals surface area contributed by atoms with Crippen molar-refractivity contribution in [3.8, 4) is 5.88 Å². The highest BCUT2D eigenvalue weighted by Crippen LogP contribution is 2.40. The predicted molar refractivity (Wildman–Crippen MR) is 102 cm³/mol. The molecule has 1 N–H and O–H groups in total. The Hall–Kier alpha value is -2.47. The quantitative estimate of drug-likeness (QED) is 0.749. The van der Waals surface area contributed by atoms with Crippen molar-refractivity contribution in [2.75, 3.05) is 6.61 Å². The summed E-state index contributed by atoms with van der Waals surface area (Å²) >= 11 is 1.73. The molecule has 6 heteroatoms. The Morgan fingerprint density at radius 1 is 1.31 bits per heavy atom. The number of hydrogen-bond acceptors (Lipinski definition) is 5. The SMILES string of the molecule is CC1CCc2c(sc3ncnc(OCC(=O)NCc4ccccc4)c23)C1. The van der Waals surface area contributed by atoms with Gasteiger partial charge in [-0.2, -0.15) is 0 Å². The summed E-state index contributed by atoms with van der Waals surface area (Å²) in [5, 5.41) is 3.87. The minimum Gasteiger partial charge on any atom is -0.467 e. The van der Waals surface area contributed by atoms with E-state index < -0.39 is 0 Å². The second kappa shape index (κ2) is 7.41. The van der Waals surface area contributed by atoms with Gasteiger partial charge in [-0.15, -0.1) is 11.3 Å². The minimum atomic E-state index is -0.154. The van der Waals surface area contributed by atoms with E-state index in [1.807, 2.05) is 30.3 Å². The zero-order valence-electron chi connectivity index (χ0n) is 14.7. The first-order chi connectivity index (χ1) is 12.7. The molecule has 5 nitrogen and oxygen atoms in total. The van der Waals surface area contributed by atoms with Crippen molar-refractivity contribution in [3.05, 3.63) is 52.7 Å². The Morgan fingerprint density at radius 3 is 3.00 bits per heavy atom. The van der Waals surface area contributed by atoms with Crippen LogP contribution >= 0.6 is 11.3 Å². The van der Waals surface area contributed by atoms with Gasteiger partial charge in [-0.1, -0.05) is 37.3 Å².